The van der Waals surface area contributed by atoms with Gasteiger partial charge >= 0.3 is 0 Å². The number of hydroxylamine groups is 1. The van der Waals surface area contributed by atoms with Gasteiger partial charge in [-0.1, -0.05) is 23.9 Å². The molecular weight excluding hydrogens is 337 g/mol. The number of rotatable bonds is 5. The minimum Gasteiger partial charge on any atom is -0.358 e. The molecule has 0 spiro atoms. The fraction of sp³-hybridized carbons (Fsp3) is 0.286. The molecule has 1 aromatic carbocycles. The van der Waals surface area contributed by atoms with Gasteiger partial charge in [0.2, 0.25) is 5.91 Å². The van der Waals surface area contributed by atoms with Gasteiger partial charge in [0.15, 0.2) is 16.6 Å². The van der Waals surface area contributed by atoms with Crippen molar-refractivity contribution in [2.45, 2.75) is 17.5 Å². The molecule has 10 heteroatoms. The quantitative estimate of drug-likeness (QED) is 0.320. The zero-order valence-corrected chi connectivity index (χ0v) is 13.4. The lowest BCUT2D eigenvalue weighted by Crippen LogP contribution is -2.26. The van der Waals surface area contributed by atoms with Gasteiger partial charge in [0, 0.05) is 13.5 Å². The Morgan fingerprint density at radius 2 is 2.38 bits per heavy atom. The zero-order valence-electron chi connectivity index (χ0n) is 12.6. The molecule has 3 N–H and O–H groups in total. The lowest BCUT2D eigenvalue weighted by atomic mass is 9.83. The SMILES string of the molecule is CNC(=O)CSc1nonc1C(=NC1Cc2c(F)cccc21)NO. The van der Waals surface area contributed by atoms with Crippen LogP contribution in [0.4, 0.5) is 4.39 Å². The first-order valence-corrected chi connectivity index (χ1v) is 8.04. The second kappa shape index (κ2) is 6.97. The van der Waals surface area contributed by atoms with Crippen LogP contribution in [0.1, 0.15) is 22.9 Å². The number of hydrogen-bond donors (Lipinski definition) is 3. The van der Waals surface area contributed by atoms with E-state index in [4.69, 9.17) is 0 Å². The summed E-state index contributed by atoms with van der Waals surface area (Å²) in [5.41, 5.74) is 3.55. The van der Waals surface area contributed by atoms with Crippen LogP contribution in [0.3, 0.4) is 0 Å². The van der Waals surface area contributed by atoms with Gasteiger partial charge in [-0.25, -0.2) is 9.02 Å². The number of thioether (sulfide) groups is 1. The minimum atomic E-state index is -0.293. The van der Waals surface area contributed by atoms with E-state index >= 15 is 0 Å². The van der Waals surface area contributed by atoms with Crippen molar-refractivity contribution in [1.29, 1.82) is 0 Å². The van der Waals surface area contributed by atoms with Gasteiger partial charge in [0.1, 0.15) is 5.82 Å². The Kier molecular flexibility index (Phi) is 4.76. The second-order valence-electron chi connectivity index (χ2n) is 5.00. The predicted octanol–water partition coefficient (Wildman–Crippen LogP) is 1.07. The highest BCUT2D eigenvalue weighted by molar-refractivity contribution is 8.00. The summed E-state index contributed by atoms with van der Waals surface area (Å²) in [6, 6.07) is 4.51. The molecule has 1 aromatic heterocycles. The van der Waals surface area contributed by atoms with E-state index in [0.29, 0.717) is 17.0 Å². The topological polar surface area (TPSA) is 113 Å². The predicted molar refractivity (Wildman–Crippen MR) is 83.4 cm³/mol. The molecule has 0 aliphatic heterocycles. The van der Waals surface area contributed by atoms with Crippen molar-refractivity contribution in [1.82, 2.24) is 21.1 Å². The highest BCUT2D eigenvalue weighted by atomic mass is 32.2. The molecule has 1 atom stereocenters. The van der Waals surface area contributed by atoms with Crippen molar-refractivity contribution in [2.24, 2.45) is 4.99 Å². The zero-order chi connectivity index (χ0) is 17.1. The smallest absolute Gasteiger partial charge is 0.230 e. The largest absolute Gasteiger partial charge is 0.358 e. The van der Waals surface area contributed by atoms with E-state index in [9.17, 15) is 14.4 Å². The lowest BCUT2D eigenvalue weighted by molar-refractivity contribution is -0.118. The molecule has 8 nitrogen and oxygen atoms in total. The number of amidine groups is 1. The number of aliphatic imine (C=N–C) groups is 1. The number of aromatic nitrogens is 2. The van der Waals surface area contributed by atoms with Crippen LogP contribution in [0.2, 0.25) is 0 Å². The monoisotopic (exact) mass is 351 g/mol. The van der Waals surface area contributed by atoms with E-state index in [1.165, 1.54) is 13.1 Å². The molecule has 0 radical (unpaired) electrons. The van der Waals surface area contributed by atoms with Crippen molar-refractivity contribution in [2.75, 3.05) is 12.8 Å². The van der Waals surface area contributed by atoms with Gasteiger partial charge in [-0.15, -0.1) is 0 Å². The Hall–Kier alpha value is -2.46. The maximum atomic E-state index is 13.6. The molecule has 0 bridgehead atoms. The van der Waals surface area contributed by atoms with Crippen molar-refractivity contribution < 1.29 is 19.0 Å². The number of nitrogens with one attached hydrogen (secondary N) is 2. The highest BCUT2D eigenvalue weighted by Gasteiger charge is 2.30. The summed E-state index contributed by atoms with van der Waals surface area (Å²) in [7, 11) is 1.53. The fourth-order valence-corrected chi connectivity index (χ4v) is 3.08. The van der Waals surface area contributed by atoms with Crippen LogP contribution in [0, 0.1) is 5.82 Å². The molecule has 24 heavy (non-hydrogen) atoms. The van der Waals surface area contributed by atoms with Crippen LogP contribution < -0.4 is 10.8 Å². The van der Waals surface area contributed by atoms with Crippen molar-refractivity contribution >= 4 is 23.5 Å². The van der Waals surface area contributed by atoms with Gasteiger partial charge < -0.3 is 5.32 Å². The normalized spacial score (nSPS) is 16.3. The number of carbonyl (C=O) groups is 1. The Labute approximate surface area is 140 Å². The number of carbonyl (C=O) groups excluding carboxylic acids is 1. The Bertz CT molecular complexity index is 794. The third kappa shape index (κ3) is 3.10. The van der Waals surface area contributed by atoms with Gasteiger partial charge in [-0.2, -0.15) is 0 Å². The lowest BCUT2D eigenvalue weighted by Gasteiger charge is -2.27. The molecule has 1 unspecified atom stereocenters. The van der Waals surface area contributed by atoms with Crippen LogP contribution in [0.5, 0.6) is 0 Å². The molecule has 0 fully saturated rings. The number of nitrogens with zero attached hydrogens (tertiary/aromatic N) is 3. The molecule has 126 valence electrons. The molecule has 1 heterocycles. The molecule has 2 aromatic rings. The summed E-state index contributed by atoms with van der Waals surface area (Å²) in [5, 5.41) is 19.6. The van der Waals surface area contributed by atoms with Crippen LogP contribution >= 0.6 is 11.8 Å². The van der Waals surface area contributed by atoms with Gasteiger partial charge in [0.25, 0.3) is 0 Å². The van der Waals surface area contributed by atoms with E-state index in [-0.39, 0.29) is 35.0 Å². The second-order valence-corrected chi connectivity index (χ2v) is 5.96. The van der Waals surface area contributed by atoms with Gasteiger partial charge in [-0.3, -0.25) is 20.5 Å². The summed E-state index contributed by atoms with van der Waals surface area (Å²) in [4.78, 5) is 15.7. The summed E-state index contributed by atoms with van der Waals surface area (Å²) in [6.07, 6.45) is 0.430. The van der Waals surface area contributed by atoms with Gasteiger partial charge in [0.05, 0.1) is 11.8 Å². The number of halogens is 1. The van der Waals surface area contributed by atoms with E-state index in [1.54, 1.807) is 12.1 Å². The van der Waals surface area contributed by atoms with E-state index < -0.39 is 0 Å². The minimum absolute atomic E-state index is 0.0515. The number of fused-ring (bicyclic) bond motifs is 1. The maximum Gasteiger partial charge on any atom is 0.230 e. The van der Waals surface area contributed by atoms with E-state index in [2.05, 4.69) is 25.3 Å². The molecular formula is C14H14FN5O3S. The first kappa shape index (κ1) is 16.4. The average Bonchev–Trinajstić information content (AvgIpc) is 3.03. The van der Waals surface area contributed by atoms with Gasteiger partial charge in [-0.05, 0) is 27.5 Å². The molecule has 0 saturated heterocycles. The number of amides is 1. The Morgan fingerprint density at radius 1 is 1.54 bits per heavy atom. The van der Waals surface area contributed by atoms with Crippen LogP contribution in [-0.2, 0) is 11.2 Å². The summed E-state index contributed by atoms with van der Waals surface area (Å²) in [5.74, 6) is -0.279. The molecule has 1 aliphatic carbocycles. The molecule has 1 amide bonds. The van der Waals surface area contributed by atoms with Crippen molar-refractivity contribution in [3.05, 3.63) is 40.8 Å². The summed E-state index contributed by atoms with van der Waals surface area (Å²) < 4.78 is 18.3. The molecule has 1 aliphatic rings. The molecule has 0 saturated carbocycles. The van der Waals surface area contributed by atoms with E-state index in [0.717, 1.165) is 17.3 Å². The Balaban J connectivity index is 1.80. The van der Waals surface area contributed by atoms with E-state index in [1.807, 2.05) is 5.48 Å². The maximum absolute atomic E-state index is 13.6. The molecule has 3 rings (SSSR count). The number of hydrogen-bond acceptors (Lipinski definition) is 7. The van der Waals surface area contributed by atoms with Crippen molar-refractivity contribution in [3.8, 4) is 0 Å². The standard InChI is InChI=1S/C14H14FN5O3S/c1-16-11(21)6-24-14-12(19-23-20-14)13(18-22)17-10-5-8-7(10)3-2-4-9(8)15/h2-4,10,22H,5-6H2,1H3,(H,16,21)(H,17,18). The fourth-order valence-electron chi connectivity index (χ4n) is 2.31. The van der Waals surface area contributed by atoms with Crippen molar-refractivity contribution in [3.63, 3.8) is 0 Å². The third-order valence-corrected chi connectivity index (χ3v) is 4.55. The first-order valence-electron chi connectivity index (χ1n) is 7.05. The van der Waals surface area contributed by atoms with Crippen LogP contribution in [-0.4, -0.2) is 40.1 Å². The Morgan fingerprint density at radius 3 is 3.12 bits per heavy atom. The first-order chi connectivity index (χ1) is 11.6. The number of benzene rings is 1. The average molecular weight is 351 g/mol. The van der Waals surface area contributed by atoms with Crippen LogP contribution in [0.15, 0.2) is 32.8 Å². The third-order valence-electron chi connectivity index (χ3n) is 3.60. The van der Waals surface area contributed by atoms with Crippen LogP contribution in [0.25, 0.3) is 0 Å². The highest BCUT2D eigenvalue weighted by Crippen LogP contribution is 2.38. The summed E-state index contributed by atoms with van der Waals surface area (Å²) in [6.45, 7) is 0. The summed E-state index contributed by atoms with van der Waals surface area (Å²) >= 11 is 1.10.